The molecular weight excluding hydrogens is 247 g/mol. The van der Waals surface area contributed by atoms with E-state index in [9.17, 15) is 13.2 Å². The monoisotopic (exact) mass is 255 g/mol. The highest BCUT2D eigenvalue weighted by atomic mass is 32.1. The number of benzene rings is 1. The number of halogens is 3. The molecule has 0 saturated carbocycles. The van der Waals surface area contributed by atoms with Crippen molar-refractivity contribution in [2.45, 2.75) is 6.18 Å². The second kappa shape index (κ2) is 4.33. The average Bonchev–Trinajstić information content (AvgIpc) is 2.28. The molecule has 2 aromatic rings. The number of nitrogens with one attached hydrogen (secondary N) is 1. The van der Waals surface area contributed by atoms with Crippen LogP contribution in [0.1, 0.15) is 5.56 Å². The van der Waals surface area contributed by atoms with E-state index >= 15 is 0 Å². The summed E-state index contributed by atoms with van der Waals surface area (Å²) in [6.45, 7) is 0. The fourth-order valence-electron chi connectivity index (χ4n) is 1.57. The van der Waals surface area contributed by atoms with E-state index in [1.165, 1.54) is 12.1 Å². The van der Waals surface area contributed by atoms with Crippen molar-refractivity contribution in [2.24, 2.45) is 0 Å². The third-order valence-electron chi connectivity index (χ3n) is 2.29. The van der Waals surface area contributed by atoms with Gasteiger partial charge in [-0.15, -0.1) is 0 Å². The summed E-state index contributed by atoms with van der Waals surface area (Å²) < 4.78 is 38.8. The molecule has 0 unspecified atom stereocenters. The van der Waals surface area contributed by atoms with Crippen LogP contribution in [0.2, 0.25) is 0 Å². The van der Waals surface area contributed by atoms with Crippen LogP contribution in [0.3, 0.4) is 0 Å². The van der Waals surface area contributed by atoms with Crippen LogP contribution in [0.25, 0.3) is 11.3 Å². The molecule has 0 aliphatic heterocycles. The molecule has 17 heavy (non-hydrogen) atoms. The molecule has 5 heteroatoms. The Bertz CT molecular complexity index is 587. The number of rotatable bonds is 1. The van der Waals surface area contributed by atoms with Gasteiger partial charge < -0.3 is 4.98 Å². The van der Waals surface area contributed by atoms with Crippen LogP contribution >= 0.6 is 12.2 Å². The molecule has 1 N–H and O–H groups in total. The summed E-state index contributed by atoms with van der Waals surface area (Å²) in [4.78, 5) is 2.75. The molecule has 0 spiro atoms. The first-order chi connectivity index (χ1) is 7.98. The molecule has 1 heterocycles. The van der Waals surface area contributed by atoms with Crippen molar-refractivity contribution >= 4 is 12.2 Å². The number of hydrogen-bond donors (Lipinski definition) is 1. The minimum atomic E-state index is -4.37. The van der Waals surface area contributed by atoms with Crippen LogP contribution < -0.4 is 0 Å². The zero-order valence-corrected chi connectivity index (χ0v) is 9.40. The maximum atomic E-state index is 12.8. The third-order valence-corrected chi connectivity index (χ3v) is 2.53. The van der Waals surface area contributed by atoms with E-state index in [1.54, 1.807) is 24.3 Å². The van der Waals surface area contributed by atoms with Gasteiger partial charge in [0.15, 0.2) is 0 Å². The van der Waals surface area contributed by atoms with Gasteiger partial charge in [-0.2, -0.15) is 13.2 Å². The average molecular weight is 255 g/mol. The Morgan fingerprint density at radius 1 is 0.941 bits per heavy atom. The van der Waals surface area contributed by atoms with Crippen molar-refractivity contribution in [2.75, 3.05) is 0 Å². The molecule has 0 amide bonds. The Balaban J connectivity index is 2.64. The van der Waals surface area contributed by atoms with Gasteiger partial charge in [-0.05, 0) is 18.2 Å². The van der Waals surface area contributed by atoms with E-state index < -0.39 is 11.7 Å². The second-order valence-electron chi connectivity index (χ2n) is 3.47. The lowest BCUT2D eigenvalue weighted by Gasteiger charge is -2.12. The van der Waals surface area contributed by atoms with Gasteiger partial charge >= 0.3 is 6.18 Å². The maximum Gasteiger partial charge on any atom is 0.417 e. The van der Waals surface area contributed by atoms with Gasteiger partial charge in [0.25, 0.3) is 0 Å². The summed E-state index contributed by atoms with van der Waals surface area (Å²) in [5.41, 5.74) is -0.200. The fraction of sp³-hybridized carbons (Fsp3) is 0.0833. The van der Waals surface area contributed by atoms with Crippen LogP contribution in [0, 0.1) is 4.64 Å². The summed E-state index contributed by atoms with van der Waals surface area (Å²) in [5, 5.41) is 0. The topological polar surface area (TPSA) is 15.8 Å². The highest BCUT2D eigenvalue weighted by Crippen LogP contribution is 2.35. The van der Waals surface area contributed by atoms with E-state index in [-0.39, 0.29) is 5.56 Å². The Labute approximate surface area is 101 Å². The molecule has 0 atom stereocenters. The van der Waals surface area contributed by atoms with Crippen LogP contribution in [0.5, 0.6) is 0 Å². The Morgan fingerprint density at radius 2 is 1.65 bits per heavy atom. The van der Waals surface area contributed by atoms with Crippen molar-refractivity contribution in [1.82, 2.24) is 4.98 Å². The molecule has 0 bridgehead atoms. The number of aromatic nitrogens is 1. The number of alkyl halides is 3. The second-order valence-corrected chi connectivity index (χ2v) is 3.91. The number of pyridine rings is 1. The number of aromatic amines is 1. The fourth-order valence-corrected chi connectivity index (χ4v) is 1.76. The Kier molecular flexibility index (Phi) is 3.02. The van der Waals surface area contributed by atoms with Gasteiger partial charge in [0.05, 0.1) is 5.56 Å². The highest BCUT2D eigenvalue weighted by molar-refractivity contribution is 7.71. The van der Waals surface area contributed by atoms with Crippen molar-refractivity contribution in [1.29, 1.82) is 0 Å². The Hall–Kier alpha value is -1.62. The molecule has 0 saturated heterocycles. The van der Waals surface area contributed by atoms with Crippen LogP contribution in [0.4, 0.5) is 13.2 Å². The predicted octanol–water partition coefficient (Wildman–Crippen LogP) is 4.43. The molecule has 0 fully saturated rings. The molecule has 1 aromatic carbocycles. The smallest absolute Gasteiger partial charge is 0.346 e. The molecule has 0 aliphatic carbocycles. The van der Waals surface area contributed by atoms with E-state index in [4.69, 9.17) is 12.2 Å². The van der Waals surface area contributed by atoms with Crippen molar-refractivity contribution in [3.05, 3.63) is 52.7 Å². The lowest BCUT2D eigenvalue weighted by molar-refractivity contribution is -0.137. The molecule has 88 valence electrons. The summed E-state index contributed by atoms with van der Waals surface area (Å²) in [7, 11) is 0. The van der Waals surface area contributed by atoms with Gasteiger partial charge in [0, 0.05) is 11.3 Å². The molecule has 1 nitrogen and oxygen atoms in total. The molecule has 2 rings (SSSR count). The van der Waals surface area contributed by atoms with Crippen LogP contribution in [0.15, 0.2) is 42.5 Å². The zero-order chi connectivity index (χ0) is 12.5. The van der Waals surface area contributed by atoms with Gasteiger partial charge in [0.2, 0.25) is 0 Å². The number of hydrogen-bond acceptors (Lipinski definition) is 1. The zero-order valence-electron chi connectivity index (χ0n) is 8.58. The van der Waals surface area contributed by atoms with Gasteiger partial charge in [0.1, 0.15) is 4.64 Å². The van der Waals surface area contributed by atoms with Crippen molar-refractivity contribution in [3.8, 4) is 11.3 Å². The SMILES string of the molecule is FC(F)(F)c1ccccc1-c1cccc(=S)[nH]1. The van der Waals surface area contributed by atoms with Crippen LogP contribution in [-0.4, -0.2) is 4.98 Å². The van der Waals surface area contributed by atoms with Crippen molar-refractivity contribution in [3.63, 3.8) is 0 Å². The molecule has 1 aromatic heterocycles. The predicted molar refractivity (Wildman–Crippen MR) is 62.1 cm³/mol. The highest BCUT2D eigenvalue weighted by Gasteiger charge is 2.33. The summed E-state index contributed by atoms with van der Waals surface area (Å²) in [6.07, 6.45) is -4.37. The minimum absolute atomic E-state index is 0.103. The lowest BCUT2D eigenvalue weighted by Crippen LogP contribution is -2.07. The Morgan fingerprint density at radius 3 is 2.29 bits per heavy atom. The van der Waals surface area contributed by atoms with Gasteiger partial charge in [-0.3, -0.25) is 0 Å². The van der Waals surface area contributed by atoms with Crippen LogP contribution in [-0.2, 0) is 6.18 Å². The number of H-pyrrole nitrogens is 1. The molecular formula is C12H8F3NS. The van der Waals surface area contributed by atoms with Gasteiger partial charge in [-0.25, -0.2) is 0 Å². The summed E-state index contributed by atoms with van der Waals surface area (Å²) in [5.74, 6) is 0. The van der Waals surface area contributed by atoms with E-state index in [0.29, 0.717) is 10.3 Å². The van der Waals surface area contributed by atoms with Gasteiger partial charge in [-0.1, -0.05) is 36.5 Å². The lowest BCUT2D eigenvalue weighted by atomic mass is 10.0. The molecule has 0 radical (unpaired) electrons. The maximum absolute atomic E-state index is 12.8. The first-order valence-electron chi connectivity index (χ1n) is 4.84. The first kappa shape index (κ1) is 11.9. The summed E-state index contributed by atoms with van der Waals surface area (Å²) >= 11 is 4.90. The third kappa shape index (κ3) is 2.55. The summed E-state index contributed by atoms with van der Waals surface area (Å²) in [6, 6.07) is 10.2. The minimum Gasteiger partial charge on any atom is -0.346 e. The largest absolute Gasteiger partial charge is 0.417 e. The quantitative estimate of drug-likeness (QED) is 0.745. The normalized spacial score (nSPS) is 11.5. The van der Waals surface area contributed by atoms with E-state index in [0.717, 1.165) is 6.07 Å². The standard InChI is InChI=1S/C12H8F3NS/c13-12(14,15)9-5-2-1-4-8(9)10-6-3-7-11(17)16-10/h1-7H,(H,16,17). The van der Waals surface area contributed by atoms with E-state index in [2.05, 4.69) is 4.98 Å². The molecule has 0 aliphatic rings. The van der Waals surface area contributed by atoms with Crippen molar-refractivity contribution < 1.29 is 13.2 Å². The first-order valence-corrected chi connectivity index (χ1v) is 5.25. The van der Waals surface area contributed by atoms with E-state index in [1.807, 2.05) is 0 Å².